The first-order valence-corrected chi connectivity index (χ1v) is 8.04. The summed E-state index contributed by atoms with van der Waals surface area (Å²) in [6.45, 7) is 4.01. The first-order chi connectivity index (χ1) is 9.02. The molecule has 0 bridgehead atoms. The predicted octanol–water partition coefficient (Wildman–Crippen LogP) is 3.61. The van der Waals surface area contributed by atoms with Crippen molar-refractivity contribution in [2.75, 3.05) is 19.7 Å². The number of hydrogen-bond acceptors (Lipinski definition) is 3. The van der Waals surface area contributed by atoms with Crippen LogP contribution in [0.4, 0.5) is 4.79 Å². The van der Waals surface area contributed by atoms with Gasteiger partial charge >= 0.3 is 6.09 Å². The highest BCUT2D eigenvalue weighted by atomic mass is 79.9. The van der Waals surface area contributed by atoms with Crippen LogP contribution in [0, 0.1) is 0 Å². The molecule has 19 heavy (non-hydrogen) atoms. The highest BCUT2D eigenvalue weighted by Crippen LogP contribution is 2.49. The van der Waals surface area contributed by atoms with Crippen molar-refractivity contribution in [1.82, 2.24) is 4.90 Å². The van der Waals surface area contributed by atoms with E-state index in [-0.39, 0.29) is 5.60 Å². The second-order valence-corrected chi connectivity index (χ2v) is 7.74. The Bertz CT molecular complexity index is 508. The van der Waals surface area contributed by atoms with Crippen LogP contribution in [0.1, 0.15) is 36.1 Å². The van der Waals surface area contributed by atoms with E-state index < -0.39 is 6.09 Å². The van der Waals surface area contributed by atoms with Gasteiger partial charge in [-0.25, -0.2) is 4.79 Å². The van der Waals surface area contributed by atoms with E-state index in [1.165, 1.54) is 15.3 Å². The van der Waals surface area contributed by atoms with Crippen LogP contribution in [0.3, 0.4) is 0 Å². The minimum absolute atomic E-state index is 0.259. The Hall–Kier alpha value is -0.590. The number of piperidine rings is 1. The SMILES string of the molecule is C[C@@H]1COC2(CCN(C(=O)O)CC2)c2sc(Br)cc21. The molecule has 1 amide bonds. The van der Waals surface area contributed by atoms with Gasteiger partial charge in [0.15, 0.2) is 0 Å². The largest absolute Gasteiger partial charge is 0.465 e. The quantitative estimate of drug-likeness (QED) is 0.781. The average Bonchev–Trinajstić information content (AvgIpc) is 2.78. The molecule has 4 nitrogen and oxygen atoms in total. The van der Waals surface area contributed by atoms with Gasteiger partial charge in [0, 0.05) is 23.9 Å². The normalized spacial score (nSPS) is 25.4. The monoisotopic (exact) mass is 345 g/mol. The van der Waals surface area contributed by atoms with E-state index in [1.807, 2.05) is 0 Å². The van der Waals surface area contributed by atoms with E-state index in [0.717, 1.165) is 23.2 Å². The number of fused-ring (bicyclic) bond motifs is 2. The van der Waals surface area contributed by atoms with Gasteiger partial charge in [-0.15, -0.1) is 11.3 Å². The molecule has 3 heterocycles. The summed E-state index contributed by atoms with van der Waals surface area (Å²) in [4.78, 5) is 13.8. The summed E-state index contributed by atoms with van der Waals surface area (Å²) < 4.78 is 7.29. The number of carbonyl (C=O) groups is 1. The van der Waals surface area contributed by atoms with Crippen molar-refractivity contribution in [2.24, 2.45) is 0 Å². The zero-order chi connectivity index (χ0) is 13.6. The molecule has 2 aliphatic rings. The molecule has 2 aliphatic heterocycles. The van der Waals surface area contributed by atoms with Crippen LogP contribution in [-0.4, -0.2) is 35.8 Å². The van der Waals surface area contributed by atoms with Crippen LogP contribution in [0.25, 0.3) is 0 Å². The maximum absolute atomic E-state index is 11.0. The van der Waals surface area contributed by atoms with Crippen molar-refractivity contribution in [3.8, 4) is 0 Å². The first-order valence-electron chi connectivity index (χ1n) is 6.43. The lowest BCUT2D eigenvalue weighted by Gasteiger charge is -2.44. The Kier molecular flexibility index (Phi) is 3.35. The van der Waals surface area contributed by atoms with Crippen LogP contribution < -0.4 is 0 Å². The van der Waals surface area contributed by atoms with Gasteiger partial charge in [-0.2, -0.15) is 0 Å². The van der Waals surface area contributed by atoms with Crippen LogP contribution in [0.2, 0.25) is 0 Å². The Morgan fingerprint density at radius 2 is 2.26 bits per heavy atom. The summed E-state index contributed by atoms with van der Waals surface area (Å²) in [6, 6.07) is 2.19. The Morgan fingerprint density at radius 1 is 1.58 bits per heavy atom. The van der Waals surface area contributed by atoms with Gasteiger partial charge < -0.3 is 14.7 Å². The summed E-state index contributed by atoms with van der Waals surface area (Å²) in [5.74, 6) is 0.417. The summed E-state index contributed by atoms with van der Waals surface area (Å²) >= 11 is 5.30. The zero-order valence-corrected chi connectivity index (χ0v) is 13.1. The Balaban J connectivity index is 1.90. The highest BCUT2D eigenvalue weighted by molar-refractivity contribution is 9.11. The van der Waals surface area contributed by atoms with E-state index in [0.29, 0.717) is 19.0 Å². The number of halogens is 1. The fourth-order valence-corrected chi connectivity index (χ4v) is 4.91. The van der Waals surface area contributed by atoms with Gasteiger partial charge in [-0.05, 0) is 40.4 Å². The maximum Gasteiger partial charge on any atom is 0.407 e. The smallest absolute Gasteiger partial charge is 0.407 e. The fraction of sp³-hybridized carbons (Fsp3) is 0.615. The lowest BCUT2D eigenvalue weighted by Crippen LogP contribution is -2.47. The molecule has 0 unspecified atom stereocenters. The molecule has 1 spiro atoms. The molecule has 0 aromatic carbocycles. The lowest BCUT2D eigenvalue weighted by atomic mass is 9.83. The lowest BCUT2D eigenvalue weighted by molar-refractivity contribution is -0.0978. The predicted molar refractivity (Wildman–Crippen MR) is 76.9 cm³/mol. The molecule has 1 saturated heterocycles. The van der Waals surface area contributed by atoms with E-state index in [4.69, 9.17) is 9.84 Å². The fourth-order valence-electron chi connectivity index (χ4n) is 2.97. The number of thiophene rings is 1. The summed E-state index contributed by atoms with van der Waals surface area (Å²) in [5, 5.41) is 9.05. The minimum Gasteiger partial charge on any atom is -0.465 e. The van der Waals surface area contributed by atoms with Gasteiger partial charge in [0.2, 0.25) is 0 Å². The Labute approximate surface area is 124 Å². The number of ether oxygens (including phenoxy) is 1. The van der Waals surface area contributed by atoms with Gasteiger partial charge in [0.25, 0.3) is 0 Å². The van der Waals surface area contributed by atoms with Crippen LogP contribution in [-0.2, 0) is 10.3 Å². The van der Waals surface area contributed by atoms with Crippen LogP contribution in [0.15, 0.2) is 9.85 Å². The third-order valence-electron chi connectivity index (χ3n) is 4.13. The second kappa shape index (κ2) is 4.75. The number of nitrogens with zero attached hydrogens (tertiary/aromatic N) is 1. The van der Waals surface area contributed by atoms with Crippen molar-refractivity contribution in [3.63, 3.8) is 0 Å². The number of amides is 1. The molecule has 1 aromatic heterocycles. The number of hydrogen-bond donors (Lipinski definition) is 1. The molecule has 1 fully saturated rings. The number of likely N-dealkylation sites (tertiary alicyclic amines) is 1. The molecule has 3 rings (SSSR count). The number of rotatable bonds is 0. The van der Waals surface area contributed by atoms with Crippen LogP contribution in [0.5, 0.6) is 0 Å². The molecule has 1 N–H and O–H groups in total. The molecule has 1 aromatic rings. The molecular formula is C13H16BrNO3S. The van der Waals surface area contributed by atoms with E-state index in [9.17, 15) is 4.79 Å². The minimum atomic E-state index is -0.827. The average molecular weight is 346 g/mol. The molecule has 1 atom stereocenters. The highest BCUT2D eigenvalue weighted by Gasteiger charge is 2.44. The standard InChI is InChI=1S/C13H16BrNO3S/c1-8-7-18-13(11-9(8)6-10(14)19-11)2-4-15(5-3-13)12(16)17/h6,8H,2-5,7H2,1H3,(H,16,17)/t8-/m1/s1. The summed E-state index contributed by atoms with van der Waals surface area (Å²) in [7, 11) is 0. The van der Waals surface area contributed by atoms with Crippen molar-refractivity contribution < 1.29 is 14.6 Å². The van der Waals surface area contributed by atoms with Gasteiger partial charge in [-0.3, -0.25) is 0 Å². The van der Waals surface area contributed by atoms with Crippen molar-refractivity contribution in [3.05, 3.63) is 20.3 Å². The van der Waals surface area contributed by atoms with Gasteiger partial charge in [-0.1, -0.05) is 6.92 Å². The third-order valence-corrected chi connectivity index (χ3v) is 5.97. The number of carboxylic acid groups (broad SMARTS) is 1. The van der Waals surface area contributed by atoms with Crippen molar-refractivity contribution >= 4 is 33.4 Å². The van der Waals surface area contributed by atoms with E-state index in [2.05, 4.69) is 28.9 Å². The van der Waals surface area contributed by atoms with Gasteiger partial charge in [0.1, 0.15) is 5.60 Å². The molecule has 0 saturated carbocycles. The molecular weight excluding hydrogens is 330 g/mol. The van der Waals surface area contributed by atoms with E-state index in [1.54, 1.807) is 11.3 Å². The zero-order valence-electron chi connectivity index (χ0n) is 10.7. The van der Waals surface area contributed by atoms with Gasteiger partial charge in [0.05, 0.1) is 10.4 Å². The molecule has 104 valence electrons. The third kappa shape index (κ3) is 2.19. The summed E-state index contributed by atoms with van der Waals surface area (Å²) in [6.07, 6.45) is 0.685. The summed E-state index contributed by atoms with van der Waals surface area (Å²) in [5.41, 5.74) is 1.11. The van der Waals surface area contributed by atoms with Crippen molar-refractivity contribution in [2.45, 2.75) is 31.3 Å². The van der Waals surface area contributed by atoms with Crippen LogP contribution >= 0.6 is 27.3 Å². The van der Waals surface area contributed by atoms with E-state index >= 15 is 0 Å². The molecule has 0 radical (unpaired) electrons. The molecule has 0 aliphatic carbocycles. The topological polar surface area (TPSA) is 49.8 Å². The Morgan fingerprint density at radius 3 is 2.89 bits per heavy atom. The first kappa shape index (κ1) is 13.4. The second-order valence-electron chi connectivity index (χ2n) is 5.31. The maximum atomic E-state index is 11.0. The van der Waals surface area contributed by atoms with Crippen molar-refractivity contribution in [1.29, 1.82) is 0 Å². The molecule has 6 heteroatoms.